The van der Waals surface area contributed by atoms with E-state index in [2.05, 4.69) is 5.32 Å². The van der Waals surface area contributed by atoms with Gasteiger partial charge in [0.25, 0.3) is 5.91 Å². The highest BCUT2D eigenvalue weighted by Crippen LogP contribution is 1.98. The highest BCUT2D eigenvalue weighted by molar-refractivity contribution is 5.94. The zero-order valence-electron chi connectivity index (χ0n) is 8.77. The molecular weight excluding hydrogens is 192 g/mol. The quantitative estimate of drug-likeness (QED) is 0.735. The molecule has 0 spiro atoms. The number of amides is 1. The number of benzene rings is 1. The van der Waals surface area contributed by atoms with Crippen LogP contribution in [0.15, 0.2) is 30.3 Å². The molecule has 1 atom stereocenters. The topological polar surface area (TPSA) is 64.3 Å². The molecule has 1 unspecified atom stereocenters. The van der Waals surface area contributed by atoms with Crippen LogP contribution in [0.3, 0.4) is 0 Å². The number of methoxy groups -OCH3 is 1. The van der Waals surface area contributed by atoms with E-state index in [1.807, 2.05) is 18.2 Å². The third-order valence-corrected chi connectivity index (χ3v) is 2.02. The summed E-state index contributed by atoms with van der Waals surface area (Å²) in [6.45, 7) is 0.793. The van der Waals surface area contributed by atoms with Crippen LogP contribution in [0.5, 0.6) is 0 Å². The van der Waals surface area contributed by atoms with E-state index in [1.165, 1.54) is 0 Å². The van der Waals surface area contributed by atoms with E-state index in [1.54, 1.807) is 19.2 Å². The maximum absolute atomic E-state index is 11.7. The second-order valence-electron chi connectivity index (χ2n) is 3.23. The van der Waals surface area contributed by atoms with E-state index >= 15 is 0 Å². The summed E-state index contributed by atoms with van der Waals surface area (Å²) in [4.78, 5) is 11.7. The van der Waals surface area contributed by atoms with Crippen molar-refractivity contribution in [3.63, 3.8) is 0 Å². The Balaban J connectivity index is 2.55. The normalized spacial score (nSPS) is 12.1. The first-order chi connectivity index (χ1) is 7.27. The third-order valence-electron chi connectivity index (χ3n) is 2.02. The first kappa shape index (κ1) is 11.7. The molecule has 0 fully saturated rings. The van der Waals surface area contributed by atoms with E-state index in [4.69, 9.17) is 10.5 Å². The van der Waals surface area contributed by atoms with E-state index in [0.717, 1.165) is 0 Å². The SMILES string of the molecule is COCC(CN)NC(=O)c1ccccc1. The lowest BCUT2D eigenvalue weighted by atomic mass is 10.2. The zero-order chi connectivity index (χ0) is 11.1. The molecule has 0 saturated carbocycles. The average molecular weight is 208 g/mol. The van der Waals surface area contributed by atoms with E-state index < -0.39 is 0 Å². The van der Waals surface area contributed by atoms with Gasteiger partial charge in [0, 0.05) is 19.2 Å². The summed E-state index contributed by atoms with van der Waals surface area (Å²) in [6, 6.07) is 8.89. The minimum Gasteiger partial charge on any atom is -0.383 e. The monoisotopic (exact) mass is 208 g/mol. The molecule has 0 aliphatic heterocycles. The summed E-state index contributed by atoms with van der Waals surface area (Å²) in [5, 5.41) is 2.79. The first-order valence-electron chi connectivity index (χ1n) is 4.83. The molecule has 1 rings (SSSR count). The maximum Gasteiger partial charge on any atom is 0.251 e. The zero-order valence-corrected chi connectivity index (χ0v) is 8.77. The number of carbonyl (C=O) groups excluding carboxylic acids is 1. The fraction of sp³-hybridized carbons (Fsp3) is 0.364. The lowest BCUT2D eigenvalue weighted by Crippen LogP contribution is -2.43. The van der Waals surface area contributed by atoms with Crippen molar-refractivity contribution in [1.82, 2.24) is 5.32 Å². The molecule has 3 N–H and O–H groups in total. The highest BCUT2D eigenvalue weighted by Gasteiger charge is 2.11. The van der Waals surface area contributed by atoms with Gasteiger partial charge in [-0.15, -0.1) is 0 Å². The Kier molecular flexibility index (Phi) is 4.80. The highest BCUT2D eigenvalue weighted by atomic mass is 16.5. The maximum atomic E-state index is 11.7. The number of rotatable bonds is 5. The molecular formula is C11H16N2O2. The molecule has 0 radical (unpaired) electrons. The number of hydrogen-bond donors (Lipinski definition) is 2. The van der Waals surface area contributed by atoms with Crippen molar-refractivity contribution < 1.29 is 9.53 Å². The van der Waals surface area contributed by atoms with Gasteiger partial charge in [-0.3, -0.25) is 4.79 Å². The van der Waals surface area contributed by atoms with Crippen LogP contribution in [0.25, 0.3) is 0 Å². The van der Waals surface area contributed by atoms with E-state index in [-0.39, 0.29) is 11.9 Å². The van der Waals surface area contributed by atoms with Crippen molar-refractivity contribution in [2.45, 2.75) is 6.04 Å². The van der Waals surface area contributed by atoms with E-state index in [0.29, 0.717) is 18.7 Å². The Morgan fingerprint density at radius 3 is 2.67 bits per heavy atom. The van der Waals surface area contributed by atoms with Gasteiger partial charge < -0.3 is 15.8 Å². The molecule has 0 aromatic heterocycles. The van der Waals surface area contributed by atoms with Crippen molar-refractivity contribution in [2.24, 2.45) is 5.73 Å². The molecule has 0 bridgehead atoms. The van der Waals surface area contributed by atoms with Crippen LogP contribution < -0.4 is 11.1 Å². The van der Waals surface area contributed by atoms with Gasteiger partial charge >= 0.3 is 0 Å². The molecule has 0 heterocycles. The Morgan fingerprint density at radius 1 is 1.47 bits per heavy atom. The minimum absolute atomic E-state index is 0.122. The van der Waals surface area contributed by atoms with Gasteiger partial charge in [-0.05, 0) is 12.1 Å². The van der Waals surface area contributed by atoms with E-state index in [9.17, 15) is 4.79 Å². The van der Waals surface area contributed by atoms with Gasteiger partial charge in [0.05, 0.1) is 12.6 Å². The standard InChI is InChI=1S/C11H16N2O2/c1-15-8-10(7-12)13-11(14)9-5-3-2-4-6-9/h2-6,10H,7-8,12H2,1H3,(H,13,14). The molecule has 1 aromatic carbocycles. The van der Waals surface area contributed by atoms with Crippen LogP contribution in [-0.4, -0.2) is 32.2 Å². The van der Waals surface area contributed by atoms with Gasteiger partial charge in [-0.25, -0.2) is 0 Å². The summed E-state index contributed by atoms with van der Waals surface area (Å²) in [5.74, 6) is -0.122. The van der Waals surface area contributed by atoms with Crippen LogP contribution in [0.4, 0.5) is 0 Å². The van der Waals surface area contributed by atoms with Gasteiger partial charge in [0.2, 0.25) is 0 Å². The van der Waals surface area contributed by atoms with Gasteiger partial charge in [0.15, 0.2) is 0 Å². The number of carbonyl (C=O) groups is 1. The molecule has 0 aliphatic rings. The summed E-state index contributed by atoms with van der Waals surface area (Å²) < 4.78 is 4.94. The number of hydrogen-bond acceptors (Lipinski definition) is 3. The summed E-state index contributed by atoms with van der Waals surface area (Å²) in [7, 11) is 1.58. The second kappa shape index (κ2) is 6.16. The van der Waals surface area contributed by atoms with Crippen LogP contribution in [0.2, 0.25) is 0 Å². The van der Waals surface area contributed by atoms with Crippen molar-refractivity contribution in [1.29, 1.82) is 0 Å². The van der Waals surface area contributed by atoms with Crippen LogP contribution in [0.1, 0.15) is 10.4 Å². The molecule has 0 aliphatic carbocycles. The largest absolute Gasteiger partial charge is 0.383 e. The van der Waals surface area contributed by atoms with Crippen LogP contribution in [0, 0.1) is 0 Å². The molecule has 82 valence electrons. The molecule has 15 heavy (non-hydrogen) atoms. The Bertz CT molecular complexity index is 301. The Hall–Kier alpha value is -1.39. The van der Waals surface area contributed by atoms with Crippen molar-refractivity contribution in [3.8, 4) is 0 Å². The predicted molar refractivity (Wildman–Crippen MR) is 58.6 cm³/mol. The fourth-order valence-corrected chi connectivity index (χ4v) is 1.23. The van der Waals surface area contributed by atoms with Crippen LogP contribution in [-0.2, 0) is 4.74 Å². The van der Waals surface area contributed by atoms with Crippen LogP contribution >= 0.6 is 0 Å². The third kappa shape index (κ3) is 3.69. The molecule has 1 aromatic rings. The number of ether oxygens (including phenoxy) is 1. The second-order valence-corrected chi connectivity index (χ2v) is 3.23. The van der Waals surface area contributed by atoms with Crippen molar-refractivity contribution >= 4 is 5.91 Å². The predicted octanol–water partition coefficient (Wildman–Crippen LogP) is 0.390. The number of nitrogens with one attached hydrogen (secondary N) is 1. The average Bonchev–Trinajstić information content (AvgIpc) is 2.29. The fourth-order valence-electron chi connectivity index (χ4n) is 1.23. The Labute approximate surface area is 89.4 Å². The lowest BCUT2D eigenvalue weighted by Gasteiger charge is -2.15. The van der Waals surface area contributed by atoms with Crippen molar-refractivity contribution in [2.75, 3.05) is 20.3 Å². The van der Waals surface area contributed by atoms with Gasteiger partial charge in [-0.2, -0.15) is 0 Å². The van der Waals surface area contributed by atoms with Gasteiger partial charge in [-0.1, -0.05) is 18.2 Å². The minimum atomic E-state index is -0.136. The molecule has 4 heteroatoms. The molecule has 4 nitrogen and oxygen atoms in total. The van der Waals surface area contributed by atoms with Gasteiger partial charge in [0.1, 0.15) is 0 Å². The molecule has 0 saturated heterocycles. The lowest BCUT2D eigenvalue weighted by molar-refractivity contribution is 0.0900. The summed E-state index contributed by atoms with van der Waals surface area (Å²) in [5.41, 5.74) is 6.12. The van der Waals surface area contributed by atoms with Crippen molar-refractivity contribution in [3.05, 3.63) is 35.9 Å². The summed E-state index contributed by atoms with van der Waals surface area (Å²) in [6.07, 6.45) is 0. The summed E-state index contributed by atoms with van der Waals surface area (Å²) >= 11 is 0. The Morgan fingerprint density at radius 2 is 2.13 bits per heavy atom. The first-order valence-corrected chi connectivity index (χ1v) is 4.83. The smallest absolute Gasteiger partial charge is 0.251 e. The number of nitrogens with two attached hydrogens (primary N) is 1. The molecule has 1 amide bonds.